The Balaban J connectivity index is 1.98. The van der Waals surface area contributed by atoms with Crippen LogP contribution < -0.4 is 0 Å². The molecule has 0 spiro atoms. The number of hydrogen-bond donors (Lipinski definition) is 0. The van der Waals surface area contributed by atoms with E-state index in [1.54, 1.807) is 0 Å². The van der Waals surface area contributed by atoms with Gasteiger partial charge in [-0.15, -0.1) is 0 Å². The molecule has 0 aliphatic carbocycles. The monoisotopic (exact) mass is 272 g/mol. The highest BCUT2D eigenvalue weighted by Crippen LogP contribution is 2.27. The normalized spacial score (nSPS) is 23.6. The summed E-state index contributed by atoms with van der Waals surface area (Å²) in [5.41, 5.74) is 0.379. The van der Waals surface area contributed by atoms with Gasteiger partial charge in [0.05, 0.1) is 19.8 Å². The fraction of sp³-hybridized carbons (Fsp3) is 0.571. The van der Waals surface area contributed by atoms with Gasteiger partial charge in [0.2, 0.25) is 0 Å². The molecule has 1 saturated heterocycles. The Morgan fingerprint density at radius 3 is 2.32 bits per heavy atom. The van der Waals surface area contributed by atoms with Gasteiger partial charge in [0.15, 0.2) is 6.29 Å². The van der Waals surface area contributed by atoms with Crippen molar-refractivity contribution in [3.63, 3.8) is 0 Å². The molecular formula is C14H18F2O3. The molecule has 0 unspecified atom stereocenters. The van der Waals surface area contributed by atoms with Gasteiger partial charge < -0.3 is 14.2 Å². The van der Waals surface area contributed by atoms with Crippen LogP contribution >= 0.6 is 0 Å². The number of rotatable bonds is 4. The lowest BCUT2D eigenvalue weighted by molar-refractivity contribution is -0.212. The summed E-state index contributed by atoms with van der Waals surface area (Å²) < 4.78 is 43.2. The highest BCUT2D eigenvalue weighted by molar-refractivity contribution is 5.26. The van der Waals surface area contributed by atoms with Crippen molar-refractivity contribution in [3.05, 3.63) is 34.9 Å². The molecule has 1 fully saturated rings. The van der Waals surface area contributed by atoms with E-state index in [1.165, 1.54) is 19.1 Å². The predicted molar refractivity (Wildman–Crippen MR) is 65.7 cm³/mol. The van der Waals surface area contributed by atoms with Gasteiger partial charge in [-0.25, -0.2) is 8.78 Å². The van der Waals surface area contributed by atoms with Gasteiger partial charge in [0.1, 0.15) is 11.6 Å². The van der Waals surface area contributed by atoms with Crippen molar-refractivity contribution in [3.8, 4) is 0 Å². The zero-order valence-corrected chi connectivity index (χ0v) is 11.1. The van der Waals surface area contributed by atoms with Crippen molar-refractivity contribution in [1.29, 1.82) is 0 Å². The lowest BCUT2D eigenvalue weighted by Gasteiger charge is -2.29. The largest absolute Gasteiger partial charge is 0.381 e. The van der Waals surface area contributed by atoms with E-state index in [0.717, 1.165) is 0 Å². The second-order valence-electron chi connectivity index (χ2n) is 4.63. The molecule has 0 amide bonds. The topological polar surface area (TPSA) is 27.7 Å². The van der Waals surface area contributed by atoms with E-state index in [9.17, 15) is 8.78 Å². The molecule has 0 N–H and O–H groups in total. The van der Waals surface area contributed by atoms with Gasteiger partial charge in [0, 0.05) is 23.7 Å². The summed E-state index contributed by atoms with van der Waals surface area (Å²) in [6, 6.07) is 2.51. The van der Waals surface area contributed by atoms with Crippen LogP contribution in [0.1, 0.15) is 24.3 Å². The van der Waals surface area contributed by atoms with Crippen LogP contribution in [0.3, 0.4) is 0 Å². The minimum atomic E-state index is -0.706. The molecule has 1 aromatic rings. The molecule has 0 bridgehead atoms. The van der Waals surface area contributed by atoms with E-state index in [-0.39, 0.29) is 11.5 Å². The molecule has 19 heavy (non-hydrogen) atoms. The minimum Gasteiger partial charge on any atom is -0.381 e. The van der Waals surface area contributed by atoms with Gasteiger partial charge >= 0.3 is 0 Å². The summed E-state index contributed by atoms with van der Waals surface area (Å²) in [7, 11) is 0. The Hall–Kier alpha value is -1.04. The second-order valence-corrected chi connectivity index (χ2v) is 4.63. The van der Waals surface area contributed by atoms with Gasteiger partial charge in [-0.1, -0.05) is 0 Å². The summed E-state index contributed by atoms with van der Waals surface area (Å²) in [4.78, 5) is 0. The summed E-state index contributed by atoms with van der Waals surface area (Å²) >= 11 is 0. The van der Waals surface area contributed by atoms with Crippen LogP contribution in [-0.4, -0.2) is 26.4 Å². The van der Waals surface area contributed by atoms with Crippen molar-refractivity contribution < 1.29 is 23.0 Å². The van der Waals surface area contributed by atoms with E-state index < -0.39 is 17.9 Å². The Labute approximate surface area is 111 Å². The lowest BCUT2D eigenvalue weighted by atomic mass is 10.1. The van der Waals surface area contributed by atoms with Gasteiger partial charge in [-0.05, 0) is 26.0 Å². The number of hydrogen-bond acceptors (Lipinski definition) is 3. The highest BCUT2D eigenvalue weighted by Gasteiger charge is 2.25. The average molecular weight is 272 g/mol. The van der Waals surface area contributed by atoms with Crippen molar-refractivity contribution in [2.75, 3.05) is 26.4 Å². The first kappa shape index (κ1) is 14.4. The van der Waals surface area contributed by atoms with Crippen molar-refractivity contribution in [2.24, 2.45) is 5.92 Å². The SMILES string of the molecule is CCOCC1COC(c2cc(F)c(C)c(F)c2)OC1. The lowest BCUT2D eigenvalue weighted by Crippen LogP contribution is -2.30. The summed E-state index contributed by atoms with van der Waals surface area (Å²) in [6.07, 6.45) is -0.706. The second kappa shape index (κ2) is 6.41. The van der Waals surface area contributed by atoms with Crippen LogP contribution in [0.15, 0.2) is 12.1 Å². The van der Waals surface area contributed by atoms with Crippen molar-refractivity contribution >= 4 is 0 Å². The van der Waals surface area contributed by atoms with E-state index in [4.69, 9.17) is 14.2 Å². The fourth-order valence-corrected chi connectivity index (χ4v) is 1.92. The van der Waals surface area contributed by atoms with Gasteiger partial charge in [-0.3, -0.25) is 0 Å². The average Bonchev–Trinajstić information content (AvgIpc) is 2.42. The zero-order chi connectivity index (χ0) is 13.8. The van der Waals surface area contributed by atoms with Crippen molar-refractivity contribution in [1.82, 2.24) is 0 Å². The van der Waals surface area contributed by atoms with Crippen LogP contribution in [0.4, 0.5) is 8.78 Å². The van der Waals surface area contributed by atoms with Crippen LogP contribution in [0, 0.1) is 24.5 Å². The summed E-state index contributed by atoms with van der Waals surface area (Å²) in [5, 5.41) is 0. The molecule has 1 aromatic carbocycles. The quantitative estimate of drug-likeness (QED) is 0.843. The maximum atomic E-state index is 13.5. The molecule has 0 aromatic heterocycles. The first-order valence-corrected chi connectivity index (χ1v) is 6.38. The Morgan fingerprint density at radius 1 is 1.21 bits per heavy atom. The van der Waals surface area contributed by atoms with E-state index in [1.807, 2.05) is 6.92 Å². The van der Waals surface area contributed by atoms with Gasteiger partial charge in [-0.2, -0.15) is 0 Å². The van der Waals surface area contributed by atoms with Gasteiger partial charge in [0.25, 0.3) is 0 Å². The molecule has 1 heterocycles. The molecule has 106 valence electrons. The number of benzene rings is 1. The maximum absolute atomic E-state index is 13.5. The predicted octanol–water partition coefficient (Wildman–Crippen LogP) is 2.97. The number of ether oxygens (including phenoxy) is 3. The van der Waals surface area contributed by atoms with Crippen LogP contribution in [-0.2, 0) is 14.2 Å². The first-order chi connectivity index (χ1) is 9.11. The Bertz CT molecular complexity index is 406. The molecule has 0 saturated carbocycles. The Kier molecular flexibility index (Phi) is 4.85. The molecule has 2 rings (SSSR count). The Morgan fingerprint density at radius 2 is 1.79 bits per heavy atom. The molecule has 0 atom stereocenters. The summed E-state index contributed by atoms with van der Waals surface area (Å²) in [6.45, 7) is 5.46. The molecule has 1 aliphatic heterocycles. The number of halogens is 2. The molecule has 1 aliphatic rings. The third-order valence-corrected chi connectivity index (χ3v) is 3.10. The van der Waals surface area contributed by atoms with Crippen LogP contribution in [0.2, 0.25) is 0 Å². The molecular weight excluding hydrogens is 254 g/mol. The molecule has 0 radical (unpaired) electrons. The van der Waals surface area contributed by atoms with E-state index in [2.05, 4.69) is 0 Å². The first-order valence-electron chi connectivity index (χ1n) is 6.38. The smallest absolute Gasteiger partial charge is 0.184 e. The third kappa shape index (κ3) is 3.49. The van der Waals surface area contributed by atoms with Crippen LogP contribution in [0.5, 0.6) is 0 Å². The van der Waals surface area contributed by atoms with E-state index in [0.29, 0.717) is 32.0 Å². The summed E-state index contributed by atoms with van der Waals surface area (Å²) in [5.74, 6) is -1.01. The fourth-order valence-electron chi connectivity index (χ4n) is 1.92. The van der Waals surface area contributed by atoms with Crippen LogP contribution in [0.25, 0.3) is 0 Å². The minimum absolute atomic E-state index is 0.00813. The molecule has 3 nitrogen and oxygen atoms in total. The van der Waals surface area contributed by atoms with Crippen molar-refractivity contribution in [2.45, 2.75) is 20.1 Å². The highest BCUT2D eigenvalue weighted by atomic mass is 19.1. The maximum Gasteiger partial charge on any atom is 0.184 e. The van der Waals surface area contributed by atoms with E-state index >= 15 is 0 Å². The third-order valence-electron chi connectivity index (χ3n) is 3.10. The molecule has 5 heteroatoms. The standard InChI is InChI=1S/C14H18F2O3/c1-3-17-6-10-7-18-14(19-8-10)11-4-12(15)9(2)13(16)5-11/h4-5,10,14H,3,6-8H2,1-2H3. The zero-order valence-electron chi connectivity index (χ0n) is 11.1.